The van der Waals surface area contributed by atoms with Gasteiger partial charge in [-0.2, -0.15) is 0 Å². The highest BCUT2D eigenvalue weighted by Gasteiger charge is 2.00. The second-order valence-corrected chi connectivity index (χ2v) is 2.91. The molecule has 15 heavy (non-hydrogen) atoms. The molecule has 7 nitrogen and oxygen atoms in total. The zero-order valence-corrected chi connectivity index (χ0v) is 8.52. The molecule has 0 aliphatic carbocycles. The van der Waals surface area contributed by atoms with Gasteiger partial charge in [0.25, 0.3) is 0 Å². The van der Waals surface area contributed by atoms with Gasteiger partial charge in [-0.1, -0.05) is 0 Å². The molecule has 3 N–H and O–H groups in total. The van der Waals surface area contributed by atoms with Crippen LogP contribution in [0.2, 0.25) is 0 Å². The minimum atomic E-state index is -0.470. The Morgan fingerprint density at radius 3 is 3.00 bits per heavy atom. The van der Waals surface area contributed by atoms with Crippen LogP contribution >= 0.6 is 0 Å². The van der Waals surface area contributed by atoms with Gasteiger partial charge in [0, 0.05) is 13.5 Å². The molecule has 0 atom stereocenters. The third-order valence-electron chi connectivity index (χ3n) is 1.51. The molecule has 1 rings (SSSR count). The Kier molecular flexibility index (Phi) is 4.72. The van der Waals surface area contributed by atoms with Crippen LogP contribution in [-0.4, -0.2) is 35.9 Å². The topological polar surface area (TPSA) is 103 Å². The summed E-state index contributed by atoms with van der Waals surface area (Å²) in [4.78, 5) is 10.3. The Morgan fingerprint density at radius 2 is 2.40 bits per heavy atom. The van der Waals surface area contributed by atoms with Crippen LogP contribution in [0.15, 0.2) is 4.42 Å². The van der Waals surface area contributed by atoms with Crippen LogP contribution < -0.4 is 11.1 Å². The van der Waals surface area contributed by atoms with Crippen molar-refractivity contribution in [3.8, 4) is 0 Å². The molecular formula is C8H14N4O3. The van der Waals surface area contributed by atoms with Gasteiger partial charge in [-0.3, -0.25) is 4.79 Å². The van der Waals surface area contributed by atoms with Gasteiger partial charge in [-0.25, -0.2) is 0 Å². The van der Waals surface area contributed by atoms with Crippen molar-refractivity contribution in [2.75, 3.05) is 19.8 Å². The average Bonchev–Trinajstić information content (AvgIpc) is 2.57. The first-order chi connectivity index (χ1) is 7.18. The lowest BCUT2D eigenvalue weighted by Gasteiger charge is -2.01. The second-order valence-electron chi connectivity index (χ2n) is 2.91. The maximum absolute atomic E-state index is 10.3. The second kappa shape index (κ2) is 6.10. The van der Waals surface area contributed by atoms with Gasteiger partial charge in [0.1, 0.15) is 6.61 Å². The van der Waals surface area contributed by atoms with Crippen molar-refractivity contribution >= 4 is 5.91 Å². The highest BCUT2D eigenvalue weighted by Crippen LogP contribution is 1.95. The number of carbonyl (C=O) groups excluding carboxylic acids is 1. The molecule has 0 aromatic carbocycles. The van der Waals surface area contributed by atoms with Crippen LogP contribution in [0.3, 0.4) is 0 Å². The normalized spacial score (nSPS) is 10.5. The Hall–Kier alpha value is -1.47. The van der Waals surface area contributed by atoms with E-state index < -0.39 is 5.91 Å². The number of amides is 1. The number of rotatable bonds is 7. The number of nitrogens with two attached hydrogens (primary N) is 1. The lowest BCUT2D eigenvalue weighted by Crippen LogP contribution is -2.23. The van der Waals surface area contributed by atoms with Crippen LogP contribution in [0.5, 0.6) is 0 Å². The van der Waals surface area contributed by atoms with Gasteiger partial charge in [-0.15, -0.1) is 10.2 Å². The standard InChI is InChI=1S/C8H14N4O3/c1-6-11-12-8(15-6)4-10-2-3-14-5-7(9)13/h10H,2-5H2,1H3,(H2,9,13). The minimum Gasteiger partial charge on any atom is -0.424 e. The van der Waals surface area contributed by atoms with E-state index >= 15 is 0 Å². The maximum Gasteiger partial charge on any atom is 0.243 e. The molecule has 84 valence electrons. The molecule has 1 aromatic heterocycles. The summed E-state index contributed by atoms with van der Waals surface area (Å²) in [6.45, 7) is 3.17. The molecule has 0 saturated carbocycles. The summed E-state index contributed by atoms with van der Waals surface area (Å²) >= 11 is 0. The third kappa shape index (κ3) is 5.08. The van der Waals surface area contributed by atoms with Crippen molar-refractivity contribution in [3.63, 3.8) is 0 Å². The van der Waals surface area contributed by atoms with Crippen molar-refractivity contribution in [2.24, 2.45) is 5.73 Å². The first-order valence-electron chi connectivity index (χ1n) is 4.54. The van der Waals surface area contributed by atoms with E-state index in [0.29, 0.717) is 31.5 Å². The minimum absolute atomic E-state index is 0.0542. The van der Waals surface area contributed by atoms with Gasteiger partial charge in [0.05, 0.1) is 13.2 Å². The summed E-state index contributed by atoms with van der Waals surface area (Å²) in [6.07, 6.45) is 0. The summed E-state index contributed by atoms with van der Waals surface area (Å²) in [5.41, 5.74) is 4.88. The number of carbonyl (C=O) groups is 1. The zero-order chi connectivity index (χ0) is 11.1. The van der Waals surface area contributed by atoms with Crippen LogP contribution in [0, 0.1) is 6.92 Å². The SMILES string of the molecule is Cc1nnc(CNCCOCC(N)=O)o1. The lowest BCUT2D eigenvalue weighted by molar-refractivity contribution is -0.122. The van der Waals surface area contributed by atoms with Gasteiger partial charge in [0.2, 0.25) is 17.7 Å². The first-order valence-corrected chi connectivity index (χ1v) is 4.54. The molecule has 0 aliphatic rings. The molecule has 0 aliphatic heterocycles. The van der Waals surface area contributed by atoms with Crippen molar-refractivity contribution in [1.82, 2.24) is 15.5 Å². The average molecular weight is 214 g/mol. The van der Waals surface area contributed by atoms with Crippen molar-refractivity contribution in [3.05, 3.63) is 11.8 Å². The number of nitrogens with zero attached hydrogens (tertiary/aromatic N) is 2. The zero-order valence-electron chi connectivity index (χ0n) is 8.52. The summed E-state index contributed by atoms with van der Waals surface area (Å²) in [5, 5.41) is 10.5. The lowest BCUT2D eigenvalue weighted by atomic mass is 10.6. The Morgan fingerprint density at radius 1 is 1.60 bits per heavy atom. The molecule has 0 radical (unpaired) electrons. The molecule has 0 saturated heterocycles. The fourth-order valence-corrected chi connectivity index (χ4v) is 0.921. The highest BCUT2D eigenvalue weighted by molar-refractivity contribution is 5.74. The smallest absolute Gasteiger partial charge is 0.243 e. The van der Waals surface area contributed by atoms with Crippen molar-refractivity contribution in [2.45, 2.75) is 13.5 Å². The number of hydrogen-bond acceptors (Lipinski definition) is 6. The van der Waals surface area contributed by atoms with Gasteiger partial charge in [0.15, 0.2) is 0 Å². The summed E-state index contributed by atoms with van der Waals surface area (Å²) in [7, 11) is 0. The van der Waals surface area contributed by atoms with Gasteiger partial charge < -0.3 is 20.2 Å². The van der Waals surface area contributed by atoms with Gasteiger partial charge >= 0.3 is 0 Å². The molecule has 7 heteroatoms. The Labute approximate surface area is 87.0 Å². The predicted molar refractivity (Wildman–Crippen MR) is 50.8 cm³/mol. The molecule has 1 amide bonds. The van der Waals surface area contributed by atoms with E-state index in [1.807, 2.05) is 0 Å². The molecule has 1 aromatic rings. The molecule has 1 heterocycles. The monoisotopic (exact) mass is 214 g/mol. The Bertz CT molecular complexity index is 313. The molecule has 0 fully saturated rings. The fourth-order valence-electron chi connectivity index (χ4n) is 0.921. The van der Waals surface area contributed by atoms with E-state index in [0.717, 1.165) is 0 Å². The number of aromatic nitrogens is 2. The number of ether oxygens (including phenoxy) is 1. The molecule has 0 spiro atoms. The van der Waals surface area contributed by atoms with E-state index in [-0.39, 0.29) is 6.61 Å². The highest BCUT2D eigenvalue weighted by atomic mass is 16.5. The molecular weight excluding hydrogens is 200 g/mol. The quantitative estimate of drug-likeness (QED) is 0.562. The van der Waals surface area contributed by atoms with Crippen LogP contribution in [0.25, 0.3) is 0 Å². The largest absolute Gasteiger partial charge is 0.424 e. The first kappa shape index (κ1) is 11.6. The molecule has 0 bridgehead atoms. The van der Waals surface area contributed by atoms with Crippen LogP contribution in [-0.2, 0) is 16.1 Å². The van der Waals surface area contributed by atoms with E-state index in [4.69, 9.17) is 14.9 Å². The van der Waals surface area contributed by atoms with Crippen molar-refractivity contribution < 1.29 is 13.9 Å². The fraction of sp³-hybridized carbons (Fsp3) is 0.625. The van der Waals surface area contributed by atoms with Crippen LogP contribution in [0.1, 0.15) is 11.8 Å². The van der Waals surface area contributed by atoms with E-state index in [2.05, 4.69) is 15.5 Å². The van der Waals surface area contributed by atoms with Crippen molar-refractivity contribution in [1.29, 1.82) is 0 Å². The molecule has 0 unspecified atom stereocenters. The third-order valence-corrected chi connectivity index (χ3v) is 1.51. The number of aryl methyl sites for hydroxylation is 1. The number of hydrogen-bond donors (Lipinski definition) is 2. The van der Waals surface area contributed by atoms with Gasteiger partial charge in [-0.05, 0) is 0 Å². The summed E-state index contributed by atoms with van der Waals surface area (Å²) in [6, 6.07) is 0. The Balaban J connectivity index is 2.00. The van der Waals surface area contributed by atoms with E-state index in [1.54, 1.807) is 6.92 Å². The summed E-state index contributed by atoms with van der Waals surface area (Å²) in [5.74, 6) is 0.599. The van der Waals surface area contributed by atoms with Crippen LogP contribution in [0.4, 0.5) is 0 Å². The predicted octanol–water partition coefficient (Wildman–Crippen LogP) is -1.03. The summed E-state index contributed by atoms with van der Waals surface area (Å²) < 4.78 is 10.1. The number of primary amides is 1. The van der Waals surface area contributed by atoms with E-state index in [1.165, 1.54) is 0 Å². The maximum atomic E-state index is 10.3. The van der Waals surface area contributed by atoms with E-state index in [9.17, 15) is 4.79 Å². The number of nitrogens with one attached hydrogen (secondary N) is 1.